The summed E-state index contributed by atoms with van der Waals surface area (Å²) in [6, 6.07) is 9.62. The van der Waals surface area contributed by atoms with Gasteiger partial charge in [0.15, 0.2) is 23.1 Å². The first kappa shape index (κ1) is 16.8. The Morgan fingerprint density at radius 2 is 1.64 bits per heavy atom. The largest absolute Gasteiger partial charge is 0.504 e. The number of ketones is 2. The molecule has 0 aromatic heterocycles. The van der Waals surface area contributed by atoms with Gasteiger partial charge in [0.05, 0.1) is 7.11 Å². The molecule has 2 aromatic carbocycles. The monoisotopic (exact) mass is 342 g/mol. The van der Waals surface area contributed by atoms with Crippen molar-refractivity contribution < 1.29 is 28.9 Å². The normalized spacial score (nSPS) is 12.5. The number of carbonyl (C=O) groups excluding carboxylic acids is 2. The van der Waals surface area contributed by atoms with E-state index in [1.807, 2.05) is 0 Å². The summed E-state index contributed by atoms with van der Waals surface area (Å²) in [5.74, 6) is 0.751. The molecule has 25 heavy (non-hydrogen) atoms. The molecule has 0 aliphatic carbocycles. The van der Waals surface area contributed by atoms with E-state index in [0.29, 0.717) is 35.8 Å². The molecule has 6 nitrogen and oxygen atoms in total. The third-order valence-electron chi connectivity index (χ3n) is 3.94. The second-order valence-corrected chi connectivity index (χ2v) is 5.59. The van der Waals surface area contributed by atoms with E-state index in [1.165, 1.54) is 12.1 Å². The highest BCUT2D eigenvalue weighted by Gasteiger charge is 2.20. The Bertz CT molecular complexity index is 794. The first-order chi connectivity index (χ1) is 12.1. The number of fused-ring (bicyclic) bond motifs is 1. The molecule has 0 amide bonds. The fraction of sp³-hybridized carbons (Fsp3) is 0.263. The van der Waals surface area contributed by atoms with Gasteiger partial charge in [-0.1, -0.05) is 0 Å². The molecule has 0 bridgehead atoms. The van der Waals surface area contributed by atoms with Gasteiger partial charge in [0.2, 0.25) is 5.75 Å². The third kappa shape index (κ3) is 3.74. The van der Waals surface area contributed by atoms with Gasteiger partial charge in [-0.3, -0.25) is 9.59 Å². The highest BCUT2D eigenvalue weighted by molar-refractivity contribution is 6.02. The van der Waals surface area contributed by atoms with Crippen LogP contribution in [0.25, 0.3) is 0 Å². The van der Waals surface area contributed by atoms with Crippen molar-refractivity contribution >= 4 is 11.6 Å². The second kappa shape index (κ2) is 7.25. The molecule has 1 heterocycles. The molecule has 0 unspecified atom stereocenters. The van der Waals surface area contributed by atoms with Gasteiger partial charge in [0.1, 0.15) is 19.0 Å². The average Bonchev–Trinajstić information content (AvgIpc) is 2.65. The summed E-state index contributed by atoms with van der Waals surface area (Å²) in [6.45, 7) is 0.713. The second-order valence-electron chi connectivity index (χ2n) is 5.59. The van der Waals surface area contributed by atoms with Crippen LogP contribution in [-0.4, -0.2) is 37.0 Å². The van der Waals surface area contributed by atoms with Gasteiger partial charge in [-0.25, -0.2) is 0 Å². The lowest BCUT2D eigenvalue weighted by molar-refractivity contribution is 0.0916. The van der Waals surface area contributed by atoms with E-state index in [0.717, 1.165) is 0 Å². The van der Waals surface area contributed by atoms with Gasteiger partial charge < -0.3 is 19.3 Å². The number of rotatable bonds is 6. The summed E-state index contributed by atoms with van der Waals surface area (Å²) in [7, 11) is 1.55. The lowest BCUT2D eigenvalue weighted by Gasteiger charge is -2.19. The van der Waals surface area contributed by atoms with Crippen molar-refractivity contribution in [2.45, 2.75) is 12.8 Å². The fourth-order valence-corrected chi connectivity index (χ4v) is 2.59. The molecule has 1 aliphatic rings. The van der Waals surface area contributed by atoms with Crippen LogP contribution in [0.3, 0.4) is 0 Å². The highest BCUT2D eigenvalue weighted by atomic mass is 16.6. The molecular formula is C19H18O6. The average molecular weight is 342 g/mol. The van der Waals surface area contributed by atoms with Crippen molar-refractivity contribution in [2.75, 3.05) is 20.3 Å². The van der Waals surface area contributed by atoms with Crippen LogP contribution in [0, 0.1) is 0 Å². The molecule has 1 aliphatic heterocycles. The summed E-state index contributed by atoms with van der Waals surface area (Å²) in [5, 5.41) is 9.95. The number of phenols is 1. The van der Waals surface area contributed by atoms with Crippen molar-refractivity contribution in [2.24, 2.45) is 0 Å². The van der Waals surface area contributed by atoms with E-state index in [9.17, 15) is 14.7 Å². The molecule has 0 spiro atoms. The number of methoxy groups -OCH3 is 1. The number of carbonyl (C=O) groups is 2. The molecular weight excluding hydrogens is 324 g/mol. The Morgan fingerprint density at radius 1 is 1.00 bits per heavy atom. The standard InChI is InChI=1S/C19H18O6/c1-23-14-4-2-12(3-5-14)15(20)6-7-16(21)13-10-17(22)19-18(11-13)24-8-9-25-19/h2-5,10-11,22H,6-9H2,1H3. The summed E-state index contributed by atoms with van der Waals surface area (Å²) < 4.78 is 15.8. The van der Waals surface area contributed by atoms with Crippen LogP contribution >= 0.6 is 0 Å². The Kier molecular flexibility index (Phi) is 4.88. The molecule has 0 fully saturated rings. The predicted octanol–water partition coefficient (Wildman–Crippen LogP) is 3.02. The molecule has 0 radical (unpaired) electrons. The minimum absolute atomic E-state index is 0.0456. The lowest BCUT2D eigenvalue weighted by Crippen LogP contribution is -2.16. The van der Waals surface area contributed by atoms with Crippen molar-refractivity contribution in [1.29, 1.82) is 0 Å². The van der Waals surface area contributed by atoms with Crippen LogP contribution in [0.4, 0.5) is 0 Å². The Labute approximate surface area is 144 Å². The maximum atomic E-state index is 12.3. The molecule has 130 valence electrons. The van der Waals surface area contributed by atoms with Crippen LogP contribution in [0.15, 0.2) is 36.4 Å². The van der Waals surface area contributed by atoms with Crippen LogP contribution in [0.1, 0.15) is 33.6 Å². The summed E-state index contributed by atoms with van der Waals surface area (Å²) in [4.78, 5) is 24.5. The Hall–Kier alpha value is -3.02. The minimum Gasteiger partial charge on any atom is -0.504 e. The molecule has 0 saturated carbocycles. The van der Waals surface area contributed by atoms with E-state index in [1.54, 1.807) is 31.4 Å². The SMILES string of the molecule is COc1ccc(C(=O)CCC(=O)c2cc(O)c3c(c2)OCCO3)cc1. The molecule has 2 aromatic rings. The maximum Gasteiger partial charge on any atom is 0.203 e. The number of aromatic hydroxyl groups is 1. The highest BCUT2D eigenvalue weighted by Crippen LogP contribution is 2.39. The van der Waals surface area contributed by atoms with Crippen molar-refractivity contribution in [1.82, 2.24) is 0 Å². The first-order valence-corrected chi connectivity index (χ1v) is 7.91. The van der Waals surface area contributed by atoms with E-state index >= 15 is 0 Å². The zero-order chi connectivity index (χ0) is 17.8. The molecule has 0 saturated heterocycles. The summed E-state index contributed by atoms with van der Waals surface area (Å²) >= 11 is 0. The van der Waals surface area contributed by atoms with Crippen LogP contribution < -0.4 is 14.2 Å². The third-order valence-corrected chi connectivity index (χ3v) is 3.94. The molecule has 1 N–H and O–H groups in total. The van der Waals surface area contributed by atoms with E-state index in [2.05, 4.69) is 0 Å². The van der Waals surface area contributed by atoms with E-state index in [4.69, 9.17) is 14.2 Å². The minimum atomic E-state index is -0.242. The van der Waals surface area contributed by atoms with Crippen molar-refractivity contribution in [3.05, 3.63) is 47.5 Å². The number of hydrogen-bond donors (Lipinski definition) is 1. The summed E-state index contributed by atoms with van der Waals surface area (Å²) in [5.41, 5.74) is 0.822. The van der Waals surface area contributed by atoms with Crippen molar-refractivity contribution in [3.63, 3.8) is 0 Å². The first-order valence-electron chi connectivity index (χ1n) is 7.91. The number of hydrogen-bond acceptors (Lipinski definition) is 6. The molecule has 3 rings (SSSR count). The van der Waals surface area contributed by atoms with E-state index in [-0.39, 0.29) is 35.9 Å². The van der Waals surface area contributed by atoms with Gasteiger partial charge in [-0.2, -0.15) is 0 Å². The van der Waals surface area contributed by atoms with Crippen molar-refractivity contribution in [3.8, 4) is 23.0 Å². The Morgan fingerprint density at radius 3 is 2.32 bits per heavy atom. The van der Waals surface area contributed by atoms with Gasteiger partial charge in [-0.15, -0.1) is 0 Å². The zero-order valence-corrected chi connectivity index (χ0v) is 13.8. The Balaban J connectivity index is 1.66. The number of Topliss-reactive ketones (excluding diaryl/α,β-unsaturated/α-hetero) is 2. The van der Waals surface area contributed by atoms with Gasteiger partial charge in [0, 0.05) is 24.0 Å². The zero-order valence-electron chi connectivity index (χ0n) is 13.8. The number of ether oxygens (including phenoxy) is 3. The van der Waals surface area contributed by atoms with Gasteiger partial charge >= 0.3 is 0 Å². The van der Waals surface area contributed by atoms with Gasteiger partial charge in [0.25, 0.3) is 0 Å². The summed E-state index contributed by atoms with van der Waals surface area (Å²) in [6.07, 6.45) is 0.129. The number of phenolic OH excluding ortho intramolecular Hbond substituents is 1. The molecule has 6 heteroatoms. The van der Waals surface area contributed by atoms with Crippen LogP contribution in [0.2, 0.25) is 0 Å². The fourth-order valence-electron chi connectivity index (χ4n) is 2.59. The van der Waals surface area contributed by atoms with Crippen LogP contribution in [-0.2, 0) is 0 Å². The molecule has 0 atom stereocenters. The van der Waals surface area contributed by atoms with Gasteiger partial charge in [-0.05, 0) is 36.4 Å². The predicted molar refractivity (Wildman–Crippen MR) is 90.0 cm³/mol. The van der Waals surface area contributed by atoms with Crippen LogP contribution in [0.5, 0.6) is 23.0 Å². The lowest BCUT2D eigenvalue weighted by atomic mass is 10.0. The van der Waals surface area contributed by atoms with E-state index < -0.39 is 0 Å². The number of benzene rings is 2. The smallest absolute Gasteiger partial charge is 0.203 e. The maximum absolute atomic E-state index is 12.3. The topological polar surface area (TPSA) is 82.1 Å². The quantitative estimate of drug-likeness (QED) is 0.813.